The van der Waals surface area contributed by atoms with E-state index in [0.29, 0.717) is 42.8 Å². The summed E-state index contributed by atoms with van der Waals surface area (Å²) in [5.41, 5.74) is 1.90. The molecule has 0 aliphatic carbocycles. The van der Waals surface area contributed by atoms with Crippen LogP contribution in [0.3, 0.4) is 0 Å². The van der Waals surface area contributed by atoms with E-state index in [9.17, 15) is 4.79 Å². The largest absolute Gasteiger partial charge is 0.490 e. The number of carbonyl (C=O) groups is 1. The first-order chi connectivity index (χ1) is 15.2. The van der Waals surface area contributed by atoms with Crippen LogP contribution in [0.15, 0.2) is 78.9 Å². The lowest BCUT2D eigenvalue weighted by Crippen LogP contribution is -2.03. The second kappa shape index (κ2) is 11.5. The summed E-state index contributed by atoms with van der Waals surface area (Å²) in [5, 5.41) is 0. The van der Waals surface area contributed by atoms with Crippen molar-refractivity contribution in [3.8, 4) is 23.0 Å². The second-order valence-electron chi connectivity index (χ2n) is 6.57. The molecule has 3 aromatic rings. The highest BCUT2D eigenvalue weighted by Gasteiger charge is 2.06. The number of ether oxygens (including phenoxy) is 4. The Morgan fingerprint density at radius 3 is 2.16 bits per heavy atom. The van der Waals surface area contributed by atoms with Gasteiger partial charge < -0.3 is 18.9 Å². The summed E-state index contributed by atoms with van der Waals surface area (Å²) in [6.07, 6.45) is 3.06. The monoisotopic (exact) mass is 418 g/mol. The minimum atomic E-state index is -0.468. The summed E-state index contributed by atoms with van der Waals surface area (Å²) in [4.78, 5) is 12.2. The third-order valence-corrected chi connectivity index (χ3v) is 4.27. The van der Waals surface area contributed by atoms with E-state index in [1.54, 1.807) is 30.3 Å². The smallest absolute Gasteiger partial charge is 0.336 e. The fraction of sp³-hybridized carbons (Fsp3) is 0.192. The zero-order chi connectivity index (χ0) is 21.9. The van der Waals surface area contributed by atoms with Gasteiger partial charge in [-0.25, -0.2) is 4.79 Å². The number of rotatable bonds is 10. The molecule has 0 atom stereocenters. The highest BCUT2D eigenvalue weighted by atomic mass is 16.5. The minimum Gasteiger partial charge on any atom is -0.490 e. The first-order valence-corrected chi connectivity index (χ1v) is 10.2. The molecule has 0 N–H and O–H groups in total. The third-order valence-electron chi connectivity index (χ3n) is 4.27. The van der Waals surface area contributed by atoms with Crippen molar-refractivity contribution in [1.29, 1.82) is 0 Å². The van der Waals surface area contributed by atoms with Crippen molar-refractivity contribution in [2.24, 2.45) is 0 Å². The molecule has 0 aliphatic rings. The van der Waals surface area contributed by atoms with Crippen LogP contribution in [0, 0.1) is 0 Å². The molecular formula is C26H26O5. The van der Waals surface area contributed by atoms with Gasteiger partial charge in [-0.1, -0.05) is 36.4 Å². The van der Waals surface area contributed by atoms with E-state index in [2.05, 4.69) is 0 Å². The summed E-state index contributed by atoms with van der Waals surface area (Å²) in [7, 11) is 0. The highest BCUT2D eigenvalue weighted by Crippen LogP contribution is 2.29. The standard InChI is InChI=1S/C26H26O5/c1-3-28-24-16-10-20(18-25(24)29-4-2)11-17-26(27)31-23-14-12-22(13-15-23)30-19-21-8-6-5-7-9-21/h5-18H,3-4,19H2,1-2H3/b17-11+. The van der Waals surface area contributed by atoms with Crippen LogP contribution in [0.5, 0.6) is 23.0 Å². The summed E-state index contributed by atoms with van der Waals surface area (Å²) in [5.74, 6) is 2.01. The first-order valence-electron chi connectivity index (χ1n) is 10.2. The Morgan fingerprint density at radius 1 is 0.774 bits per heavy atom. The number of carbonyl (C=O) groups excluding carboxylic acids is 1. The molecule has 31 heavy (non-hydrogen) atoms. The normalized spacial score (nSPS) is 10.6. The van der Waals surface area contributed by atoms with Crippen molar-refractivity contribution < 1.29 is 23.7 Å². The van der Waals surface area contributed by atoms with Gasteiger partial charge in [0.15, 0.2) is 11.5 Å². The summed E-state index contributed by atoms with van der Waals surface area (Å²) >= 11 is 0. The molecule has 0 aromatic heterocycles. The predicted molar refractivity (Wildman–Crippen MR) is 121 cm³/mol. The van der Waals surface area contributed by atoms with Gasteiger partial charge in [-0.15, -0.1) is 0 Å². The maximum atomic E-state index is 12.2. The van der Waals surface area contributed by atoms with Crippen LogP contribution < -0.4 is 18.9 Å². The Labute approximate surface area is 182 Å². The van der Waals surface area contributed by atoms with Gasteiger partial charge in [-0.2, -0.15) is 0 Å². The lowest BCUT2D eigenvalue weighted by Gasteiger charge is -2.11. The maximum absolute atomic E-state index is 12.2. The molecule has 3 aromatic carbocycles. The first kappa shape index (κ1) is 22.0. The van der Waals surface area contributed by atoms with Crippen molar-refractivity contribution in [2.75, 3.05) is 13.2 Å². The van der Waals surface area contributed by atoms with Gasteiger partial charge in [0.05, 0.1) is 13.2 Å². The molecule has 0 fully saturated rings. The van der Waals surface area contributed by atoms with Crippen molar-refractivity contribution in [3.63, 3.8) is 0 Å². The molecule has 0 heterocycles. The molecule has 0 bridgehead atoms. The quantitative estimate of drug-likeness (QED) is 0.241. The van der Waals surface area contributed by atoms with E-state index in [1.807, 2.05) is 62.4 Å². The predicted octanol–water partition coefficient (Wildman–Crippen LogP) is 5.68. The van der Waals surface area contributed by atoms with Crippen LogP contribution in [-0.2, 0) is 11.4 Å². The SMILES string of the molecule is CCOc1ccc(/C=C/C(=O)Oc2ccc(OCc3ccccc3)cc2)cc1OCC. The van der Waals surface area contributed by atoms with Crippen LogP contribution in [0.1, 0.15) is 25.0 Å². The van der Waals surface area contributed by atoms with Crippen molar-refractivity contribution >= 4 is 12.0 Å². The van der Waals surface area contributed by atoms with Crippen LogP contribution in [0.4, 0.5) is 0 Å². The van der Waals surface area contributed by atoms with Gasteiger partial charge in [0.1, 0.15) is 18.1 Å². The Morgan fingerprint density at radius 2 is 1.45 bits per heavy atom. The summed E-state index contributed by atoms with van der Waals surface area (Å²) < 4.78 is 22.3. The van der Waals surface area contributed by atoms with Gasteiger partial charge in [0.25, 0.3) is 0 Å². The lowest BCUT2D eigenvalue weighted by atomic mass is 10.2. The van der Waals surface area contributed by atoms with Gasteiger partial charge in [-0.05, 0) is 67.4 Å². The van der Waals surface area contributed by atoms with Crippen molar-refractivity contribution in [1.82, 2.24) is 0 Å². The van der Waals surface area contributed by atoms with Crippen LogP contribution in [0.2, 0.25) is 0 Å². The number of hydrogen-bond donors (Lipinski definition) is 0. The highest BCUT2D eigenvalue weighted by molar-refractivity contribution is 5.88. The van der Waals surface area contributed by atoms with E-state index in [4.69, 9.17) is 18.9 Å². The molecule has 0 radical (unpaired) electrons. The molecule has 0 saturated carbocycles. The molecular weight excluding hydrogens is 392 g/mol. The third kappa shape index (κ3) is 6.93. The summed E-state index contributed by atoms with van der Waals surface area (Å²) in [6, 6.07) is 22.4. The number of esters is 1. The van der Waals surface area contributed by atoms with Crippen LogP contribution in [-0.4, -0.2) is 19.2 Å². The van der Waals surface area contributed by atoms with E-state index in [-0.39, 0.29) is 0 Å². The Bertz CT molecular complexity index is 994. The van der Waals surface area contributed by atoms with E-state index in [0.717, 1.165) is 11.1 Å². The van der Waals surface area contributed by atoms with Gasteiger partial charge in [0.2, 0.25) is 0 Å². The van der Waals surface area contributed by atoms with Crippen molar-refractivity contribution in [3.05, 3.63) is 90.0 Å². The molecule has 0 unspecified atom stereocenters. The van der Waals surface area contributed by atoms with Crippen molar-refractivity contribution in [2.45, 2.75) is 20.5 Å². The minimum absolute atomic E-state index is 0.448. The molecule has 5 heteroatoms. The van der Waals surface area contributed by atoms with Crippen LogP contribution in [0.25, 0.3) is 6.08 Å². The van der Waals surface area contributed by atoms with Gasteiger partial charge in [0, 0.05) is 6.08 Å². The molecule has 0 amide bonds. The topological polar surface area (TPSA) is 54.0 Å². The maximum Gasteiger partial charge on any atom is 0.336 e. The average molecular weight is 418 g/mol. The molecule has 0 spiro atoms. The molecule has 0 saturated heterocycles. The Hall–Kier alpha value is -3.73. The molecule has 5 nitrogen and oxygen atoms in total. The molecule has 160 valence electrons. The van der Waals surface area contributed by atoms with Gasteiger partial charge in [-0.3, -0.25) is 0 Å². The van der Waals surface area contributed by atoms with E-state index in [1.165, 1.54) is 6.08 Å². The zero-order valence-electron chi connectivity index (χ0n) is 17.7. The molecule has 0 aliphatic heterocycles. The number of benzene rings is 3. The van der Waals surface area contributed by atoms with Gasteiger partial charge >= 0.3 is 5.97 Å². The van der Waals surface area contributed by atoms with Crippen LogP contribution >= 0.6 is 0 Å². The molecule has 3 rings (SSSR count). The Balaban J connectivity index is 1.55. The number of hydrogen-bond acceptors (Lipinski definition) is 5. The zero-order valence-corrected chi connectivity index (χ0v) is 17.7. The fourth-order valence-corrected chi connectivity index (χ4v) is 2.83. The lowest BCUT2D eigenvalue weighted by molar-refractivity contribution is -0.128. The van der Waals surface area contributed by atoms with E-state index < -0.39 is 5.97 Å². The average Bonchev–Trinajstić information content (AvgIpc) is 2.80. The Kier molecular flexibility index (Phi) is 8.12. The fourth-order valence-electron chi connectivity index (χ4n) is 2.83. The van der Waals surface area contributed by atoms with E-state index >= 15 is 0 Å². The summed E-state index contributed by atoms with van der Waals surface area (Å²) in [6.45, 7) is 5.39. The second-order valence-corrected chi connectivity index (χ2v) is 6.57.